The van der Waals surface area contributed by atoms with Crippen LogP contribution in [-0.4, -0.2) is 19.0 Å². The van der Waals surface area contributed by atoms with Crippen molar-refractivity contribution in [3.63, 3.8) is 0 Å². The minimum atomic E-state index is -0.269. The average Bonchev–Trinajstić information content (AvgIpc) is 1.82. The third kappa shape index (κ3) is 4.41. The van der Waals surface area contributed by atoms with Gasteiger partial charge in [-0.1, -0.05) is 34.6 Å². The van der Waals surface area contributed by atoms with Gasteiger partial charge in [0.15, 0.2) is 5.78 Å². The molecule has 0 aliphatic carbocycles. The van der Waals surface area contributed by atoms with E-state index in [0.29, 0.717) is 12.3 Å². The number of carbonyl (C=O) groups excluding carboxylic acids is 1. The molecular formula is C11H22O2. The molecular weight excluding hydrogens is 164 g/mol. The molecule has 2 heteroatoms. The van der Waals surface area contributed by atoms with Crippen LogP contribution in [0.1, 0.15) is 41.0 Å². The molecule has 0 radical (unpaired) electrons. The van der Waals surface area contributed by atoms with E-state index in [1.165, 1.54) is 0 Å². The largest absolute Gasteiger partial charge is 0.373 e. The van der Waals surface area contributed by atoms with E-state index in [0.717, 1.165) is 0 Å². The molecule has 0 aromatic carbocycles. The van der Waals surface area contributed by atoms with Crippen molar-refractivity contribution in [2.24, 2.45) is 11.3 Å². The molecule has 0 aliphatic rings. The third-order valence-corrected chi connectivity index (χ3v) is 1.92. The molecule has 0 spiro atoms. The second kappa shape index (κ2) is 4.75. The lowest BCUT2D eigenvalue weighted by Crippen LogP contribution is -2.36. The predicted molar refractivity (Wildman–Crippen MR) is 54.7 cm³/mol. The summed E-state index contributed by atoms with van der Waals surface area (Å²) in [6, 6.07) is 0. The minimum Gasteiger partial charge on any atom is -0.373 e. The normalized spacial score (nSPS) is 14.7. The van der Waals surface area contributed by atoms with Crippen molar-refractivity contribution in [1.29, 1.82) is 0 Å². The van der Waals surface area contributed by atoms with E-state index in [4.69, 9.17) is 4.74 Å². The van der Waals surface area contributed by atoms with Crippen LogP contribution < -0.4 is 0 Å². The van der Waals surface area contributed by atoms with Gasteiger partial charge < -0.3 is 4.74 Å². The van der Waals surface area contributed by atoms with Gasteiger partial charge >= 0.3 is 0 Å². The van der Waals surface area contributed by atoms with E-state index in [2.05, 4.69) is 0 Å². The van der Waals surface area contributed by atoms with Crippen LogP contribution in [0.2, 0.25) is 0 Å². The Labute approximate surface area is 81.7 Å². The first-order valence-corrected chi connectivity index (χ1v) is 4.84. The summed E-state index contributed by atoms with van der Waals surface area (Å²) in [5.41, 5.74) is -0.0965. The molecule has 0 saturated carbocycles. The van der Waals surface area contributed by atoms with Crippen LogP contribution in [0.5, 0.6) is 0 Å². The molecule has 78 valence electrons. The third-order valence-electron chi connectivity index (χ3n) is 1.92. The standard InChI is InChI=1S/C11H22O2/c1-8(2)7-9(12)10(13-6)11(3,4)5/h8,10H,7H2,1-6H3. The number of rotatable bonds is 4. The van der Waals surface area contributed by atoms with E-state index >= 15 is 0 Å². The zero-order chi connectivity index (χ0) is 10.6. The van der Waals surface area contributed by atoms with Gasteiger partial charge in [-0.2, -0.15) is 0 Å². The zero-order valence-electron chi connectivity index (χ0n) is 9.68. The Hall–Kier alpha value is -0.370. The highest BCUT2D eigenvalue weighted by Gasteiger charge is 2.30. The van der Waals surface area contributed by atoms with E-state index in [1.807, 2.05) is 34.6 Å². The molecule has 0 aliphatic heterocycles. The number of hydrogen-bond acceptors (Lipinski definition) is 2. The van der Waals surface area contributed by atoms with Crippen LogP contribution >= 0.6 is 0 Å². The Morgan fingerprint density at radius 1 is 1.31 bits per heavy atom. The number of hydrogen-bond donors (Lipinski definition) is 0. The average molecular weight is 186 g/mol. The molecule has 0 bridgehead atoms. The number of ether oxygens (including phenoxy) is 1. The molecule has 0 amide bonds. The summed E-state index contributed by atoms with van der Waals surface area (Å²) in [5.74, 6) is 0.623. The van der Waals surface area contributed by atoms with Crippen LogP contribution in [0.15, 0.2) is 0 Å². The van der Waals surface area contributed by atoms with Gasteiger partial charge in [-0.05, 0) is 11.3 Å². The molecule has 0 rings (SSSR count). The Kier molecular flexibility index (Phi) is 4.62. The van der Waals surface area contributed by atoms with Gasteiger partial charge in [-0.3, -0.25) is 4.79 Å². The molecule has 13 heavy (non-hydrogen) atoms. The van der Waals surface area contributed by atoms with E-state index in [-0.39, 0.29) is 17.3 Å². The fourth-order valence-corrected chi connectivity index (χ4v) is 1.48. The molecule has 0 aromatic heterocycles. The summed E-state index contributed by atoms with van der Waals surface area (Å²) in [6.45, 7) is 10.2. The van der Waals surface area contributed by atoms with Crippen molar-refractivity contribution in [1.82, 2.24) is 0 Å². The molecule has 0 saturated heterocycles. The highest BCUT2D eigenvalue weighted by Crippen LogP contribution is 2.24. The SMILES string of the molecule is COC(C(=O)CC(C)C)C(C)(C)C. The van der Waals surface area contributed by atoms with Crippen molar-refractivity contribution >= 4 is 5.78 Å². The minimum absolute atomic E-state index is 0.0965. The quantitative estimate of drug-likeness (QED) is 0.674. The summed E-state index contributed by atoms with van der Waals surface area (Å²) in [7, 11) is 1.61. The maximum Gasteiger partial charge on any atom is 0.162 e. The maximum atomic E-state index is 11.7. The first kappa shape index (κ1) is 12.6. The lowest BCUT2D eigenvalue weighted by molar-refractivity contribution is -0.135. The molecule has 1 atom stereocenters. The highest BCUT2D eigenvalue weighted by molar-refractivity contribution is 5.84. The lowest BCUT2D eigenvalue weighted by atomic mass is 9.84. The molecule has 2 nitrogen and oxygen atoms in total. The fraction of sp³-hybridized carbons (Fsp3) is 0.909. The Morgan fingerprint density at radius 2 is 1.77 bits per heavy atom. The molecule has 0 fully saturated rings. The van der Waals surface area contributed by atoms with Crippen LogP contribution in [-0.2, 0) is 9.53 Å². The van der Waals surface area contributed by atoms with Crippen LogP contribution in [0.3, 0.4) is 0 Å². The summed E-state index contributed by atoms with van der Waals surface area (Å²) >= 11 is 0. The van der Waals surface area contributed by atoms with E-state index < -0.39 is 0 Å². The van der Waals surface area contributed by atoms with Crippen LogP contribution in [0.25, 0.3) is 0 Å². The summed E-state index contributed by atoms with van der Waals surface area (Å²) in [5, 5.41) is 0. The highest BCUT2D eigenvalue weighted by atomic mass is 16.5. The molecule has 0 aromatic rings. The van der Waals surface area contributed by atoms with Crippen molar-refractivity contribution < 1.29 is 9.53 Å². The maximum absolute atomic E-state index is 11.7. The van der Waals surface area contributed by atoms with Gasteiger partial charge in [0.25, 0.3) is 0 Å². The number of methoxy groups -OCH3 is 1. The van der Waals surface area contributed by atoms with Gasteiger partial charge in [0.05, 0.1) is 0 Å². The Balaban J connectivity index is 4.33. The van der Waals surface area contributed by atoms with Crippen LogP contribution in [0.4, 0.5) is 0 Å². The Bertz CT molecular complexity index is 165. The number of Topliss-reactive ketones (excluding diaryl/α,β-unsaturated/α-hetero) is 1. The zero-order valence-corrected chi connectivity index (χ0v) is 9.68. The van der Waals surface area contributed by atoms with Gasteiger partial charge in [0, 0.05) is 13.5 Å². The molecule has 0 heterocycles. The number of ketones is 1. The monoisotopic (exact) mass is 186 g/mol. The van der Waals surface area contributed by atoms with Crippen molar-refractivity contribution in [3.05, 3.63) is 0 Å². The second-order valence-corrected chi connectivity index (χ2v) is 5.05. The van der Waals surface area contributed by atoms with Gasteiger partial charge in [-0.25, -0.2) is 0 Å². The van der Waals surface area contributed by atoms with Crippen molar-refractivity contribution in [2.75, 3.05) is 7.11 Å². The second-order valence-electron chi connectivity index (χ2n) is 5.05. The summed E-state index contributed by atoms with van der Waals surface area (Å²) < 4.78 is 5.23. The van der Waals surface area contributed by atoms with E-state index in [9.17, 15) is 4.79 Å². The first-order chi connectivity index (χ1) is 5.79. The summed E-state index contributed by atoms with van der Waals surface area (Å²) in [6.07, 6.45) is 0.338. The fourth-order valence-electron chi connectivity index (χ4n) is 1.48. The molecule has 1 unspecified atom stereocenters. The summed E-state index contributed by atoms with van der Waals surface area (Å²) in [4.78, 5) is 11.7. The van der Waals surface area contributed by atoms with Gasteiger partial charge in [0.2, 0.25) is 0 Å². The smallest absolute Gasteiger partial charge is 0.162 e. The number of carbonyl (C=O) groups is 1. The lowest BCUT2D eigenvalue weighted by Gasteiger charge is -2.28. The Morgan fingerprint density at radius 3 is 2.00 bits per heavy atom. The topological polar surface area (TPSA) is 26.3 Å². The predicted octanol–water partition coefficient (Wildman–Crippen LogP) is 2.66. The van der Waals surface area contributed by atoms with Gasteiger partial charge in [0.1, 0.15) is 6.10 Å². The van der Waals surface area contributed by atoms with Crippen molar-refractivity contribution in [3.8, 4) is 0 Å². The molecule has 0 N–H and O–H groups in total. The van der Waals surface area contributed by atoms with Crippen LogP contribution in [0, 0.1) is 11.3 Å². The first-order valence-electron chi connectivity index (χ1n) is 4.84. The van der Waals surface area contributed by atoms with E-state index in [1.54, 1.807) is 7.11 Å². The van der Waals surface area contributed by atoms with Gasteiger partial charge in [-0.15, -0.1) is 0 Å². The van der Waals surface area contributed by atoms with Crippen molar-refractivity contribution in [2.45, 2.75) is 47.1 Å².